The summed E-state index contributed by atoms with van der Waals surface area (Å²) in [6.07, 6.45) is -0.469. The minimum absolute atomic E-state index is 0.408. The number of ether oxygens (including phenoxy) is 1. The highest BCUT2D eigenvalue weighted by atomic mass is 79.9. The maximum Gasteiger partial charge on any atom is 0.326 e. The van der Waals surface area contributed by atoms with Gasteiger partial charge < -0.3 is 20.5 Å². The molecule has 2 amide bonds. The first-order chi connectivity index (χ1) is 9.83. The van der Waals surface area contributed by atoms with Crippen molar-refractivity contribution in [3.05, 3.63) is 27.7 Å². The molecule has 1 aromatic rings. The van der Waals surface area contributed by atoms with Crippen molar-refractivity contribution in [1.29, 1.82) is 0 Å². The van der Waals surface area contributed by atoms with Gasteiger partial charge in [0.25, 0.3) is 0 Å². The van der Waals surface area contributed by atoms with Crippen LogP contribution in [0.4, 0.5) is 10.5 Å². The molecule has 1 aromatic carbocycles. The van der Waals surface area contributed by atoms with Crippen molar-refractivity contribution in [3.63, 3.8) is 0 Å². The first kappa shape index (κ1) is 17.3. The number of nitrogens with one attached hydrogen (secondary N) is 2. The molecule has 0 aliphatic carbocycles. The summed E-state index contributed by atoms with van der Waals surface area (Å²) < 4.78 is 4.94. The smallest absolute Gasteiger partial charge is 0.326 e. The van der Waals surface area contributed by atoms with E-state index in [2.05, 4.69) is 31.3 Å². The number of rotatable bonds is 5. The molecule has 9 heteroatoms. The van der Waals surface area contributed by atoms with Crippen molar-refractivity contribution in [2.45, 2.75) is 12.5 Å². The van der Waals surface area contributed by atoms with Gasteiger partial charge in [0, 0.05) is 10.2 Å². The number of anilines is 1. The standard InChI is InChI=1S/C12H12BrClN2O5/c1-21-10(17)5-9(11(18)19)16-12(20)15-6-2-3-8(14)7(13)4-6/h2-4,9H,5H2,1H3,(H,18,19)(H2,15,16,20)/t9-/m0/s1. The SMILES string of the molecule is COC(=O)C[C@H](NC(=O)Nc1ccc(Cl)c(Br)c1)C(=O)O. The maximum absolute atomic E-state index is 11.7. The summed E-state index contributed by atoms with van der Waals surface area (Å²) in [5, 5.41) is 14.0. The molecule has 21 heavy (non-hydrogen) atoms. The molecular weight excluding hydrogens is 367 g/mol. The molecule has 0 aliphatic rings. The fraction of sp³-hybridized carbons (Fsp3) is 0.250. The monoisotopic (exact) mass is 378 g/mol. The highest BCUT2D eigenvalue weighted by molar-refractivity contribution is 9.10. The van der Waals surface area contributed by atoms with Crippen LogP contribution >= 0.6 is 27.5 Å². The van der Waals surface area contributed by atoms with Gasteiger partial charge in [0.15, 0.2) is 0 Å². The van der Waals surface area contributed by atoms with E-state index in [4.69, 9.17) is 16.7 Å². The van der Waals surface area contributed by atoms with Crippen molar-refractivity contribution < 1.29 is 24.2 Å². The van der Waals surface area contributed by atoms with E-state index in [9.17, 15) is 14.4 Å². The van der Waals surface area contributed by atoms with Crippen molar-refractivity contribution in [3.8, 4) is 0 Å². The molecule has 0 radical (unpaired) electrons. The van der Waals surface area contributed by atoms with Gasteiger partial charge in [0.2, 0.25) is 0 Å². The molecule has 0 aliphatic heterocycles. The molecule has 3 N–H and O–H groups in total. The summed E-state index contributed by atoms with van der Waals surface area (Å²) in [5.41, 5.74) is 0.408. The van der Waals surface area contributed by atoms with E-state index in [0.29, 0.717) is 15.2 Å². The molecule has 114 valence electrons. The average Bonchev–Trinajstić information content (AvgIpc) is 2.41. The lowest BCUT2D eigenvalue weighted by Crippen LogP contribution is -2.44. The van der Waals surface area contributed by atoms with Crippen LogP contribution in [0.3, 0.4) is 0 Å². The first-order valence-corrected chi connectivity index (χ1v) is 6.82. The number of esters is 1. The third kappa shape index (κ3) is 5.60. The van der Waals surface area contributed by atoms with Gasteiger partial charge in [-0.3, -0.25) is 4.79 Å². The van der Waals surface area contributed by atoms with E-state index in [-0.39, 0.29) is 0 Å². The number of urea groups is 1. The first-order valence-electron chi connectivity index (χ1n) is 5.65. The predicted molar refractivity (Wildman–Crippen MR) is 79.4 cm³/mol. The summed E-state index contributed by atoms with van der Waals surface area (Å²) in [4.78, 5) is 33.7. The largest absolute Gasteiger partial charge is 0.480 e. The summed E-state index contributed by atoms with van der Waals surface area (Å²) >= 11 is 9.01. The third-order valence-electron chi connectivity index (χ3n) is 2.38. The lowest BCUT2D eigenvalue weighted by Gasteiger charge is -2.14. The predicted octanol–water partition coefficient (Wildman–Crippen LogP) is 2.24. The Morgan fingerprint density at radius 1 is 1.43 bits per heavy atom. The number of carboxylic acid groups (broad SMARTS) is 1. The second-order valence-corrected chi connectivity index (χ2v) is 5.16. The van der Waals surface area contributed by atoms with Gasteiger partial charge in [-0.15, -0.1) is 0 Å². The number of amides is 2. The van der Waals surface area contributed by atoms with E-state index < -0.39 is 30.4 Å². The zero-order valence-corrected chi connectivity index (χ0v) is 13.2. The van der Waals surface area contributed by atoms with Crippen LogP contribution < -0.4 is 10.6 Å². The van der Waals surface area contributed by atoms with Crippen molar-refractivity contribution in [2.75, 3.05) is 12.4 Å². The van der Waals surface area contributed by atoms with Gasteiger partial charge >= 0.3 is 18.0 Å². The zero-order valence-electron chi connectivity index (χ0n) is 10.9. The normalized spacial score (nSPS) is 11.4. The number of halogens is 2. The molecule has 7 nitrogen and oxygen atoms in total. The van der Waals surface area contributed by atoms with E-state index >= 15 is 0 Å². The quantitative estimate of drug-likeness (QED) is 0.681. The second-order valence-electron chi connectivity index (χ2n) is 3.90. The number of carbonyl (C=O) groups is 3. The van der Waals surface area contributed by atoms with Crippen LogP contribution in [0.1, 0.15) is 6.42 Å². The number of methoxy groups -OCH3 is 1. The lowest BCUT2D eigenvalue weighted by molar-refractivity contribution is -0.147. The Kier molecular flexibility index (Phi) is 6.44. The Balaban J connectivity index is 2.67. The highest BCUT2D eigenvalue weighted by Gasteiger charge is 2.23. The number of hydrogen-bond acceptors (Lipinski definition) is 4. The molecule has 0 unspecified atom stereocenters. The number of aliphatic carboxylic acids is 1. The second kappa shape index (κ2) is 7.84. The van der Waals surface area contributed by atoms with E-state index in [1.54, 1.807) is 18.2 Å². The van der Waals surface area contributed by atoms with Gasteiger partial charge in [-0.25, -0.2) is 9.59 Å². The van der Waals surface area contributed by atoms with E-state index in [1.807, 2.05) is 0 Å². The van der Waals surface area contributed by atoms with Gasteiger partial charge in [-0.05, 0) is 34.1 Å². The Morgan fingerprint density at radius 3 is 2.62 bits per heavy atom. The minimum atomic E-state index is -1.38. The highest BCUT2D eigenvalue weighted by Crippen LogP contribution is 2.25. The van der Waals surface area contributed by atoms with Crippen LogP contribution in [-0.4, -0.2) is 36.2 Å². The molecule has 0 spiro atoms. The van der Waals surface area contributed by atoms with Gasteiger partial charge in [-0.1, -0.05) is 11.6 Å². The summed E-state index contributed by atoms with van der Waals surface area (Å²) in [6.45, 7) is 0. The lowest BCUT2D eigenvalue weighted by atomic mass is 10.2. The Hall–Kier alpha value is -1.80. The van der Waals surface area contributed by atoms with Crippen LogP contribution in [0.5, 0.6) is 0 Å². The molecule has 0 saturated heterocycles. The number of hydrogen-bond donors (Lipinski definition) is 3. The zero-order chi connectivity index (χ0) is 16.0. The molecule has 1 atom stereocenters. The Morgan fingerprint density at radius 2 is 2.10 bits per heavy atom. The number of carboxylic acids is 1. The third-order valence-corrected chi connectivity index (χ3v) is 3.59. The summed E-state index contributed by atoms with van der Waals surface area (Å²) in [6, 6.07) is 2.51. The maximum atomic E-state index is 11.7. The molecule has 1 rings (SSSR count). The van der Waals surface area contributed by atoms with Gasteiger partial charge in [-0.2, -0.15) is 0 Å². The topological polar surface area (TPSA) is 105 Å². The fourth-order valence-corrected chi connectivity index (χ4v) is 1.85. The molecule has 0 bridgehead atoms. The average molecular weight is 380 g/mol. The number of benzene rings is 1. The van der Waals surface area contributed by atoms with Crippen LogP contribution in [0, 0.1) is 0 Å². The number of carbonyl (C=O) groups excluding carboxylic acids is 2. The van der Waals surface area contributed by atoms with Crippen LogP contribution in [0.15, 0.2) is 22.7 Å². The van der Waals surface area contributed by atoms with Gasteiger partial charge in [0.1, 0.15) is 6.04 Å². The summed E-state index contributed by atoms with van der Waals surface area (Å²) in [5.74, 6) is -2.08. The minimum Gasteiger partial charge on any atom is -0.480 e. The van der Waals surface area contributed by atoms with E-state index in [1.165, 1.54) is 0 Å². The van der Waals surface area contributed by atoms with Crippen LogP contribution in [-0.2, 0) is 14.3 Å². The van der Waals surface area contributed by atoms with E-state index in [0.717, 1.165) is 7.11 Å². The van der Waals surface area contributed by atoms with Crippen molar-refractivity contribution >= 4 is 51.2 Å². The summed E-state index contributed by atoms with van der Waals surface area (Å²) in [7, 11) is 1.13. The fourth-order valence-electron chi connectivity index (χ4n) is 1.35. The molecule has 0 aromatic heterocycles. The molecule has 0 saturated carbocycles. The van der Waals surface area contributed by atoms with Crippen LogP contribution in [0.2, 0.25) is 5.02 Å². The molecular formula is C12H12BrClN2O5. The Bertz CT molecular complexity index is 567. The molecule has 0 fully saturated rings. The Labute approximate surface area is 133 Å². The molecule has 0 heterocycles. The van der Waals surface area contributed by atoms with Crippen molar-refractivity contribution in [1.82, 2.24) is 5.32 Å². The van der Waals surface area contributed by atoms with Gasteiger partial charge in [0.05, 0.1) is 18.6 Å². The van der Waals surface area contributed by atoms with Crippen molar-refractivity contribution in [2.24, 2.45) is 0 Å². The van der Waals surface area contributed by atoms with Crippen LogP contribution in [0.25, 0.3) is 0 Å².